The average molecular weight is 212 g/mol. The second kappa shape index (κ2) is 5.91. The van der Waals surface area contributed by atoms with E-state index in [9.17, 15) is 4.79 Å². The number of carboxylic acids is 1. The molecule has 3 nitrogen and oxygen atoms in total. The molecule has 15 heavy (non-hydrogen) atoms. The quantitative estimate of drug-likeness (QED) is 0.728. The second-order valence-corrected chi connectivity index (χ2v) is 4.30. The number of allylic oxidation sites excluding steroid dienone is 1. The molecule has 1 N–H and O–H groups in total. The monoisotopic (exact) mass is 212 g/mol. The van der Waals surface area contributed by atoms with E-state index in [2.05, 4.69) is 6.92 Å². The Morgan fingerprint density at radius 2 is 2.27 bits per heavy atom. The molecule has 3 unspecified atom stereocenters. The fraction of sp³-hybridized carbons (Fsp3) is 0.750. The van der Waals surface area contributed by atoms with Gasteiger partial charge in [0, 0.05) is 0 Å². The van der Waals surface area contributed by atoms with E-state index in [1.165, 1.54) is 0 Å². The normalized spacial score (nSPS) is 32.0. The van der Waals surface area contributed by atoms with Gasteiger partial charge in [-0.05, 0) is 32.1 Å². The smallest absolute Gasteiger partial charge is 0.309 e. The minimum atomic E-state index is -0.715. The van der Waals surface area contributed by atoms with Crippen LogP contribution in [-0.4, -0.2) is 23.8 Å². The van der Waals surface area contributed by atoms with E-state index in [1.807, 2.05) is 19.1 Å². The third-order valence-corrected chi connectivity index (χ3v) is 3.01. The average Bonchev–Trinajstić information content (AvgIpc) is 2.18. The molecule has 86 valence electrons. The van der Waals surface area contributed by atoms with Crippen LogP contribution in [0.3, 0.4) is 0 Å². The van der Waals surface area contributed by atoms with Gasteiger partial charge in [0.1, 0.15) is 0 Å². The Hall–Kier alpha value is -0.830. The Balaban J connectivity index is 2.50. The van der Waals surface area contributed by atoms with Crippen molar-refractivity contribution >= 4 is 5.97 Å². The molecular formula is C12H20O3. The Kier molecular flexibility index (Phi) is 4.82. The van der Waals surface area contributed by atoms with Gasteiger partial charge in [-0.15, -0.1) is 0 Å². The highest BCUT2D eigenvalue weighted by molar-refractivity contribution is 5.70. The predicted octanol–water partition coefficient (Wildman–Crippen LogP) is 2.47. The Morgan fingerprint density at radius 3 is 2.87 bits per heavy atom. The number of hydrogen-bond acceptors (Lipinski definition) is 2. The maximum absolute atomic E-state index is 11.0. The lowest BCUT2D eigenvalue weighted by molar-refractivity contribution is -0.150. The summed E-state index contributed by atoms with van der Waals surface area (Å²) >= 11 is 0. The van der Waals surface area contributed by atoms with E-state index >= 15 is 0 Å². The van der Waals surface area contributed by atoms with Gasteiger partial charge in [-0.2, -0.15) is 0 Å². The summed E-state index contributed by atoms with van der Waals surface area (Å²) in [6.07, 6.45) is 6.34. The number of rotatable bonds is 4. The third-order valence-electron chi connectivity index (χ3n) is 3.01. The number of ether oxygens (including phenoxy) is 1. The fourth-order valence-corrected chi connectivity index (χ4v) is 2.07. The maximum atomic E-state index is 11.0. The van der Waals surface area contributed by atoms with Gasteiger partial charge in [0.05, 0.1) is 18.6 Å². The number of carbonyl (C=O) groups is 1. The van der Waals surface area contributed by atoms with Crippen LogP contribution in [-0.2, 0) is 9.53 Å². The van der Waals surface area contributed by atoms with Crippen LogP contribution in [0, 0.1) is 11.8 Å². The lowest BCUT2D eigenvalue weighted by atomic mass is 9.80. The molecule has 0 bridgehead atoms. The third kappa shape index (κ3) is 3.67. The minimum absolute atomic E-state index is 0.109. The van der Waals surface area contributed by atoms with Crippen molar-refractivity contribution in [1.29, 1.82) is 0 Å². The molecule has 0 heterocycles. The first kappa shape index (κ1) is 12.2. The SMILES string of the molecule is CC=CCOC1CC(C)CCC1C(=O)O. The molecule has 1 saturated carbocycles. The van der Waals surface area contributed by atoms with Gasteiger partial charge in [-0.25, -0.2) is 0 Å². The Bertz CT molecular complexity index is 235. The molecule has 1 aliphatic rings. The summed E-state index contributed by atoms with van der Waals surface area (Å²) in [6, 6.07) is 0. The predicted molar refractivity (Wildman–Crippen MR) is 58.7 cm³/mol. The van der Waals surface area contributed by atoms with E-state index < -0.39 is 5.97 Å². The molecule has 0 radical (unpaired) electrons. The highest BCUT2D eigenvalue weighted by atomic mass is 16.5. The molecule has 0 saturated heterocycles. The minimum Gasteiger partial charge on any atom is -0.481 e. The van der Waals surface area contributed by atoms with Crippen molar-refractivity contribution in [3.63, 3.8) is 0 Å². The molecule has 0 aromatic rings. The molecular weight excluding hydrogens is 192 g/mol. The summed E-state index contributed by atoms with van der Waals surface area (Å²) in [5.41, 5.74) is 0. The fourth-order valence-electron chi connectivity index (χ4n) is 2.07. The zero-order valence-electron chi connectivity index (χ0n) is 9.48. The van der Waals surface area contributed by atoms with Gasteiger partial charge >= 0.3 is 5.97 Å². The van der Waals surface area contributed by atoms with E-state index in [1.54, 1.807) is 0 Å². The summed E-state index contributed by atoms with van der Waals surface area (Å²) in [4.78, 5) is 11.0. The van der Waals surface area contributed by atoms with Crippen molar-refractivity contribution in [3.05, 3.63) is 12.2 Å². The van der Waals surface area contributed by atoms with E-state index in [-0.39, 0.29) is 12.0 Å². The highest BCUT2D eigenvalue weighted by Crippen LogP contribution is 2.31. The zero-order chi connectivity index (χ0) is 11.3. The van der Waals surface area contributed by atoms with Crippen LogP contribution in [0.15, 0.2) is 12.2 Å². The zero-order valence-corrected chi connectivity index (χ0v) is 9.48. The van der Waals surface area contributed by atoms with Gasteiger partial charge < -0.3 is 9.84 Å². The topological polar surface area (TPSA) is 46.5 Å². The first-order valence-corrected chi connectivity index (χ1v) is 5.60. The summed E-state index contributed by atoms with van der Waals surface area (Å²) < 4.78 is 5.60. The van der Waals surface area contributed by atoms with E-state index in [0.717, 1.165) is 19.3 Å². The Morgan fingerprint density at radius 1 is 1.53 bits per heavy atom. The maximum Gasteiger partial charge on any atom is 0.309 e. The lowest BCUT2D eigenvalue weighted by Gasteiger charge is -2.31. The summed E-state index contributed by atoms with van der Waals surface area (Å²) in [7, 11) is 0. The van der Waals surface area contributed by atoms with Gasteiger partial charge in [0.15, 0.2) is 0 Å². The second-order valence-electron chi connectivity index (χ2n) is 4.30. The van der Waals surface area contributed by atoms with Crippen molar-refractivity contribution in [2.24, 2.45) is 11.8 Å². The lowest BCUT2D eigenvalue weighted by Crippen LogP contribution is -2.36. The summed E-state index contributed by atoms with van der Waals surface area (Å²) in [5.74, 6) is -0.449. The number of carboxylic acid groups (broad SMARTS) is 1. The molecule has 0 aromatic heterocycles. The van der Waals surface area contributed by atoms with Crippen LogP contribution in [0.25, 0.3) is 0 Å². The molecule has 0 spiro atoms. The first-order valence-electron chi connectivity index (χ1n) is 5.60. The van der Waals surface area contributed by atoms with Crippen LogP contribution in [0.2, 0.25) is 0 Å². The summed E-state index contributed by atoms with van der Waals surface area (Å²) in [5, 5.41) is 9.05. The van der Waals surface area contributed by atoms with Crippen LogP contribution in [0.4, 0.5) is 0 Å². The van der Waals surface area contributed by atoms with E-state index in [4.69, 9.17) is 9.84 Å². The van der Waals surface area contributed by atoms with Crippen molar-refractivity contribution in [2.75, 3.05) is 6.61 Å². The van der Waals surface area contributed by atoms with Crippen LogP contribution in [0.5, 0.6) is 0 Å². The molecule has 3 heteroatoms. The number of hydrogen-bond donors (Lipinski definition) is 1. The summed E-state index contributed by atoms with van der Waals surface area (Å²) in [6.45, 7) is 4.61. The molecule has 0 aromatic carbocycles. The molecule has 1 fully saturated rings. The van der Waals surface area contributed by atoms with Crippen LogP contribution >= 0.6 is 0 Å². The van der Waals surface area contributed by atoms with Crippen molar-refractivity contribution in [1.82, 2.24) is 0 Å². The van der Waals surface area contributed by atoms with Crippen molar-refractivity contribution in [3.8, 4) is 0 Å². The van der Waals surface area contributed by atoms with Gasteiger partial charge in [0.25, 0.3) is 0 Å². The van der Waals surface area contributed by atoms with Gasteiger partial charge in [-0.3, -0.25) is 4.79 Å². The first-order chi connectivity index (χ1) is 7.15. The standard InChI is InChI=1S/C12H20O3/c1-3-4-7-15-11-8-9(2)5-6-10(11)12(13)14/h3-4,9-11H,5-8H2,1-2H3,(H,13,14). The van der Waals surface area contributed by atoms with Gasteiger partial charge in [-0.1, -0.05) is 19.1 Å². The molecule has 0 aliphatic heterocycles. The van der Waals surface area contributed by atoms with E-state index in [0.29, 0.717) is 12.5 Å². The molecule has 3 atom stereocenters. The largest absolute Gasteiger partial charge is 0.481 e. The number of aliphatic carboxylic acids is 1. The molecule has 1 aliphatic carbocycles. The van der Waals surface area contributed by atoms with Crippen LogP contribution in [0.1, 0.15) is 33.1 Å². The van der Waals surface area contributed by atoms with Crippen LogP contribution < -0.4 is 0 Å². The van der Waals surface area contributed by atoms with Crippen molar-refractivity contribution < 1.29 is 14.6 Å². The van der Waals surface area contributed by atoms with Gasteiger partial charge in [0.2, 0.25) is 0 Å². The molecule has 1 rings (SSSR count). The Labute approximate surface area is 91.1 Å². The molecule has 0 amide bonds. The highest BCUT2D eigenvalue weighted by Gasteiger charge is 2.33. The van der Waals surface area contributed by atoms with Crippen molar-refractivity contribution in [2.45, 2.75) is 39.2 Å².